The van der Waals surface area contributed by atoms with Crippen LogP contribution in [0.4, 0.5) is 10.6 Å². The summed E-state index contributed by atoms with van der Waals surface area (Å²) in [5.41, 5.74) is 0.694. The van der Waals surface area contributed by atoms with E-state index >= 15 is 0 Å². The Kier molecular flexibility index (Phi) is 6.12. The molecule has 0 aromatic carbocycles. The third-order valence-electron chi connectivity index (χ3n) is 5.39. The first-order chi connectivity index (χ1) is 13.7. The number of carbonyl (C=O) groups excluding carboxylic acids is 3. The van der Waals surface area contributed by atoms with Crippen LogP contribution in [0.25, 0.3) is 0 Å². The molecule has 0 spiro atoms. The van der Waals surface area contributed by atoms with Crippen molar-refractivity contribution in [3.63, 3.8) is 0 Å². The van der Waals surface area contributed by atoms with E-state index in [1.165, 1.54) is 11.1 Å². The number of imide groups is 1. The van der Waals surface area contributed by atoms with Gasteiger partial charge in [-0.2, -0.15) is 0 Å². The zero-order valence-corrected chi connectivity index (χ0v) is 16.4. The summed E-state index contributed by atoms with van der Waals surface area (Å²) < 4.78 is 0. The summed E-state index contributed by atoms with van der Waals surface area (Å²) in [7, 11) is 0. The van der Waals surface area contributed by atoms with Crippen LogP contribution in [-0.4, -0.2) is 75.4 Å². The van der Waals surface area contributed by atoms with Gasteiger partial charge in [-0.25, -0.2) is 9.78 Å². The van der Waals surface area contributed by atoms with Gasteiger partial charge in [0, 0.05) is 37.8 Å². The zero-order valence-electron chi connectivity index (χ0n) is 16.4. The number of nitrogens with one attached hydrogen (secondary N) is 2. The highest BCUT2D eigenvalue weighted by Gasteiger charge is 2.33. The second-order valence-corrected chi connectivity index (χ2v) is 7.59. The molecule has 2 aliphatic heterocycles. The quantitative estimate of drug-likeness (QED) is 0.628. The van der Waals surface area contributed by atoms with E-state index in [0.29, 0.717) is 37.3 Å². The molecule has 10 nitrogen and oxygen atoms in total. The Hall–Kier alpha value is -3.01. The average molecular weight is 403 g/mol. The number of piperazine rings is 1. The van der Waals surface area contributed by atoms with Gasteiger partial charge in [0.2, 0.25) is 17.7 Å². The van der Waals surface area contributed by atoms with E-state index in [1.54, 1.807) is 12.1 Å². The predicted octanol–water partition coefficient (Wildman–Crippen LogP) is 0.613. The van der Waals surface area contributed by atoms with Crippen molar-refractivity contribution >= 4 is 29.6 Å². The van der Waals surface area contributed by atoms with Crippen LogP contribution in [-0.2, 0) is 14.4 Å². The number of hydrogen-bond donors (Lipinski definition) is 3. The third-order valence-corrected chi connectivity index (χ3v) is 5.39. The minimum absolute atomic E-state index is 0.0801. The monoisotopic (exact) mass is 403 g/mol. The van der Waals surface area contributed by atoms with Gasteiger partial charge in [0.05, 0.1) is 12.5 Å². The number of hydrogen-bond acceptors (Lipinski definition) is 6. The molecule has 156 valence electrons. The van der Waals surface area contributed by atoms with Crippen LogP contribution in [0.1, 0.15) is 38.2 Å². The number of amides is 4. The van der Waals surface area contributed by atoms with E-state index in [2.05, 4.69) is 15.6 Å². The Morgan fingerprint density at radius 1 is 1.24 bits per heavy atom. The zero-order chi connectivity index (χ0) is 21.1. The maximum Gasteiger partial charge on any atom is 0.407 e. The van der Waals surface area contributed by atoms with Crippen LogP contribution in [0.5, 0.6) is 0 Å². The highest BCUT2D eigenvalue weighted by atomic mass is 16.4. The summed E-state index contributed by atoms with van der Waals surface area (Å²) in [6.45, 7) is 4.63. The highest BCUT2D eigenvalue weighted by molar-refractivity contribution is 6.01. The summed E-state index contributed by atoms with van der Waals surface area (Å²) in [4.78, 5) is 54.3. The molecule has 0 radical (unpaired) electrons. The third kappa shape index (κ3) is 4.89. The fourth-order valence-corrected chi connectivity index (χ4v) is 3.87. The number of aromatic nitrogens is 1. The van der Waals surface area contributed by atoms with Crippen molar-refractivity contribution in [1.82, 2.24) is 20.1 Å². The van der Waals surface area contributed by atoms with Gasteiger partial charge in [0.25, 0.3) is 0 Å². The number of carboxylic acid groups (broad SMARTS) is 1. The van der Waals surface area contributed by atoms with Crippen molar-refractivity contribution in [2.45, 2.75) is 44.7 Å². The van der Waals surface area contributed by atoms with E-state index in [-0.39, 0.29) is 36.3 Å². The Labute approximate surface area is 168 Å². The standard InChI is InChI=1S/C19H25N5O5/c1-11-8-23(19(28)29)9-12(2)24(11)10-17(26)21-15-5-3-13(7-20-15)14-4-6-16(25)22-18(14)27/h3,5,7,11-12,14H,4,6,8-10H2,1-2H3,(H,28,29)(H,20,21,26)(H,22,25,27)/t11-,12+,14?. The first-order valence-electron chi connectivity index (χ1n) is 9.57. The molecule has 10 heteroatoms. The van der Waals surface area contributed by atoms with Gasteiger partial charge in [-0.3, -0.25) is 24.6 Å². The number of pyridine rings is 1. The molecule has 0 saturated carbocycles. The second kappa shape index (κ2) is 8.56. The lowest BCUT2D eigenvalue weighted by Gasteiger charge is -2.42. The molecule has 1 aromatic rings. The summed E-state index contributed by atoms with van der Waals surface area (Å²) in [6, 6.07) is 3.19. The first kappa shape index (κ1) is 20.7. The van der Waals surface area contributed by atoms with Crippen molar-refractivity contribution < 1.29 is 24.3 Å². The second-order valence-electron chi connectivity index (χ2n) is 7.59. The fourth-order valence-electron chi connectivity index (χ4n) is 3.87. The topological polar surface area (TPSA) is 132 Å². The molecule has 1 unspecified atom stereocenters. The highest BCUT2D eigenvalue weighted by Crippen LogP contribution is 2.24. The molecule has 1 aromatic heterocycles. The van der Waals surface area contributed by atoms with Crippen molar-refractivity contribution in [3.05, 3.63) is 23.9 Å². The van der Waals surface area contributed by atoms with Crippen LogP contribution in [0.2, 0.25) is 0 Å². The van der Waals surface area contributed by atoms with Gasteiger partial charge < -0.3 is 15.3 Å². The molecule has 3 rings (SSSR count). The van der Waals surface area contributed by atoms with Crippen molar-refractivity contribution in [2.24, 2.45) is 0 Å². The Morgan fingerprint density at radius 2 is 1.93 bits per heavy atom. The van der Waals surface area contributed by atoms with Crippen LogP contribution in [0.3, 0.4) is 0 Å². The molecule has 3 heterocycles. The molecule has 4 amide bonds. The smallest absolute Gasteiger partial charge is 0.407 e. The maximum atomic E-state index is 12.4. The van der Waals surface area contributed by atoms with Crippen LogP contribution < -0.4 is 10.6 Å². The van der Waals surface area contributed by atoms with Crippen molar-refractivity contribution in [2.75, 3.05) is 25.0 Å². The molecular weight excluding hydrogens is 378 g/mol. The minimum Gasteiger partial charge on any atom is -0.465 e. The molecule has 0 aliphatic carbocycles. The summed E-state index contributed by atoms with van der Waals surface area (Å²) in [6.07, 6.45) is 1.32. The summed E-state index contributed by atoms with van der Waals surface area (Å²) >= 11 is 0. The van der Waals surface area contributed by atoms with Gasteiger partial charge in [0.1, 0.15) is 5.82 Å². The van der Waals surface area contributed by atoms with Crippen LogP contribution in [0.15, 0.2) is 18.3 Å². The fraction of sp³-hybridized carbons (Fsp3) is 0.526. The van der Waals surface area contributed by atoms with E-state index in [9.17, 15) is 19.2 Å². The average Bonchev–Trinajstić information content (AvgIpc) is 2.65. The molecule has 29 heavy (non-hydrogen) atoms. The number of rotatable bonds is 4. The number of anilines is 1. The largest absolute Gasteiger partial charge is 0.465 e. The first-order valence-corrected chi connectivity index (χ1v) is 9.57. The minimum atomic E-state index is -0.951. The normalized spacial score (nSPS) is 25.4. The molecule has 3 atom stereocenters. The van der Waals surface area contributed by atoms with Gasteiger partial charge >= 0.3 is 6.09 Å². The van der Waals surface area contributed by atoms with E-state index < -0.39 is 12.0 Å². The van der Waals surface area contributed by atoms with Crippen LogP contribution in [0, 0.1) is 0 Å². The molecule has 2 saturated heterocycles. The van der Waals surface area contributed by atoms with E-state index in [1.807, 2.05) is 18.7 Å². The Morgan fingerprint density at radius 3 is 2.48 bits per heavy atom. The Balaban J connectivity index is 1.56. The molecular formula is C19H25N5O5. The number of carbonyl (C=O) groups is 4. The van der Waals surface area contributed by atoms with Crippen LogP contribution >= 0.6 is 0 Å². The summed E-state index contributed by atoms with van der Waals surface area (Å²) in [5.74, 6) is -0.888. The van der Waals surface area contributed by atoms with Gasteiger partial charge in [-0.1, -0.05) is 6.07 Å². The lowest BCUT2D eigenvalue weighted by molar-refractivity contribution is -0.134. The molecule has 0 bridgehead atoms. The van der Waals surface area contributed by atoms with Gasteiger partial charge in [0.15, 0.2) is 0 Å². The molecule has 2 aliphatic rings. The summed E-state index contributed by atoms with van der Waals surface area (Å²) in [5, 5.41) is 14.2. The van der Waals surface area contributed by atoms with E-state index in [0.717, 1.165) is 0 Å². The van der Waals surface area contributed by atoms with E-state index in [4.69, 9.17) is 5.11 Å². The SMILES string of the molecule is C[C@@H]1CN(C(=O)O)C[C@H](C)N1CC(=O)Nc1ccc(C2CCC(=O)NC2=O)cn1. The maximum absolute atomic E-state index is 12.4. The Bertz CT molecular complexity index is 800. The predicted molar refractivity (Wildman–Crippen MR) is 103 cm³/mol. The molecule has 3 N–H and O–H groups in total. The lowest BCUT2D eigenvalue weighted by Crippen LogP contribution is -2.59. The molecule has 2 fully saturated rings. The number of piperidine rings is 1. The van der Waals surface area contributed by atoms with Crippen molar-refractivity contribution in [1.29, 1.82) is 0 Å². The van der Waals surface area contributed by atoms with Gasteiger partial charge in [-0.15, -0.1) is 0 Å². The van der Waals surface area contributed by atoms with Crippen molar-refractivity contribution in [3.8, 4) is 0 Å². The van der Waals surface area contributed by atoms with Gasteiger partial charge in [-0.05, 0) is 31.9 Å². The number of nitrogens with zero attached hydrogens (tertiary/aromatic N) is 3. The lowest BCUT2D eigenvalue weighted by atomic mass is 9.92.